The molecule has 10 heteroatoms. The third kappa shape index (κ3) is 5.32. The minimum Gasteiger partial charge on any atom is -0.497 e. The van der Waals surface area contributed by atoms with Crippen LogP contribution >= 0.6 is 0 Å². The Hall–Kier alpha value is -3.13. The summed E-state index contributed by atoms with van der Waals surface area (Å²) in [6, 6.07) is 13.2. The number of amides is 1. The normalized spacial score (nSPS) is 15.1. The molecule has 1 N–H and O–H groups in total. The smallest absolute Gasteiger partial charge is 0.244 e. The first kappa shape index (κ1) is 22.6. The van der Waals surface area contributed by atoms with Gasteiger partial charge in [0, 0.05) is 50.1 Å². The Kier molecular flexibility index (Phi) is 7.12. The quantitative estimate of drug-likeness (QED) is 0.689. The molecule has 0 aliphatic carbocycles. The molecule has 0 unspecified atom stereocenters. The van der Waals surface area contributed by atoms with Crippen molar-refractivity contribution in [1.29, 1.82) is 5.26 Å². The number of hydrogen-bond acceptors (Lipinski definition) is 7. The van der Waals surface area contributed by atoms with Gasteiger partial charge in [0.1, 0.15) is 17.6 Å². The van der Waals surface area contributed by atoms with Gasteiger partial charge in [0.2, 0.25) is 15.9 Å². The zero-order valence-electron chi connectivity index (χ0n) is 17.4. The van der Waals surface area contributed by atoms with E-state index < -0.39 is 10.0 Å². The highest BCUT2D eigenvalue weighted by Crippen LogP contribution is 2.26. The molecule has 0 saturated carbocycles. The van der Waals surface area contributed by atoms with Crippen molar-refractivity contribution in [3.63, 3.8) is 0 Å². The summed E-state index contributed by atoms with van der Waals surface area (Å²) in [4.78, 5) is 14.4. The summed E-state index contributed by atoms with van der Waals surface area (Å²) in [5, 5.41) is 12.0. The summed E-state index contributed by atoms with van der Waals surface area (Å²) < 4.78 is 37.6. The van der Waals surface area contributed by atoms with Gasteiger partial charge in [-0.3, -0.25) is 9.69 Å². The second kappa shape index (κ2) is 9.78. The minimum absolute atomic E-state index is 0.00988. The molecule has 0 aromatic heterocycles. The van der Waals surface area contributed by atoms with Crippen LogP contribution in [0.2, 0.25) is 0 Å². The number of rotatable bonds is 7. The van der Waals surface area contributed by atoms with Crippen molar-refractivity contribution in [2.24, 2.45) is 0 Å². The number of hydrogen-bond donors (Lipinski definition) is 1. The Morgan fingerprint density at radius 1 is 1.06 bits per heavy atom. The van der Waals surface area contributed by atoms with E-state index in [1.54, 1.807) is 30.3 Å². The molecule has 1 aliphatic heterocycles. The van der Waals surface area contributed by atoms with E-state index in [-0.39, 0.29) is 36.0 Å². The molecule has 0 spiro atoms. The van der Waals surface area contributed by atoms with Crippen molar-refractivity contribution in [2.75, 3.05) is 52.3 Å². The summed E-state index contributed by atoms with van der Waals surface area (Å²) >= 11 is 0. The molecular weight excluding hydrogens is 420 g/mol. The molecule has 0 radical (unpaired) electrons. The van der Waals surface area contributed by atoms with Crippen LogP contribution in [0.4, 0.5) is 5.69 Å². The van der Waals surface area contributed by atoms with E-state index >= 15 is 0 Å². The molecule has 9 nitrogen and oxygen atoms in total. The molecule has 2 aromatic carbocycles. The van der Waals surface area contributed by atoms with Gasteiger partial charge < -0.3 is 14.8 Å². The summed E-state index contributed by atoms with van der Waals surface area (Å²) in [6.45, 7) is 1.42. The summed E-state index contributed by atoms with van der Waals surface area (Å²) in [7, 11) is -0.703. The summed E-state index contributed by atoms with van der Waals surface area (Å²) in [6.07, 6.45) is 0. The van der Waals surface area contributed by atoms with E-state index in [0.29, 0.717) is 30.3 Å². The first-order chi connectivity index (χ1) is 14.9. The fourth-order valence-electron chi connectivity index (χ4n) is 3.33. The van der Waals surface area contributed by atoms with E-state index in [2.05, 4.69) is 5.32 Å². The van der Waals surface area contributed by atoms with Crippen molar-refractivity contribution in [3.05, 3.63) is 48.0 Å². The van der Waals surface area contributed by atoms with Crippen molar-refractivity contribution in [2.45, 2.75) is 4.90 Å². The van der Waals surface area contributed by atoms with Gasteiger partial charge in [-0.25, -0.2) is 8.42 Å². The maximum Gasteiger partial charge on any atom is 0.244 e. The average molecular weight is 445 g/mol. The Morgan fingerprint density at radius 2 is 1.68 bits per heavy atom. The molecule has 0 atom stereocenters. The van der Waals surface area contributed by atoms with Gasteiger partial charge in [-0.15, -0.1) is 0 Å². The molecule has 3 rings (SSSR count). The maximum absolute atomic E-state index is 12.9. The van der Waals surface area contributed by atoms with E-state index in [9.17, 15) is 18.5 Å². The molecule has 0 bridgehead atoms. The first-order valence-electron chi connectivity index (χ1n) is 9.62. The van der Waals surface area contributed by atoms with Crippen LogP contribution in [0.15, 0.2) is 47.4 Å². The van der Waals surface area contributed by atoms with Crippen LogP contribution in [0.5, 0.6) is 11.5 Å². The number of carbonyl (C=O) groups excluding carboxylic acids is 1. The third-order valence-electron chi connectivity index (χ3n) is 4.96. The van der Waals surface area contributed by atoms with Crippen LogP contribution < -0.4 is 14.8 Å². The average Bonchev–Trinajstić information content (AvgIpc) is 2.78. The molecule has 1 amide bonds. The molecule has 1 saturated heterocycles. The maximum atomic E-state index is 12.9. The Morgan fingerprint density at radius 3 is 2.26 bits per heavy atom. The number of ether oxygens (including phenoxy) is 2. The highest BCUT2D eigenvalue weighted by Gasteiger charge is 2.30. The predicted octanol–water partition coefficient (Wildman–Crippen LogP) is 1.52. The van der Waals surface area contributed by atoms with Crippen molar-refractivity contribution in [3.8, 4) is 17.6 Å². The second-order valence-electron chi connectivity index (χ2n) is 6.94. The molecule has 2 aromatic rings. The fraction of sp³-hybridized carbons (Fsp3) is 0.333. The molecule has 164 valence electrons. The summed E-state index contributed by atoms with van der Waals surface area (Å²) in [5.74, 6) is 0.902. The number of nitrogens with zero attached hydrogens (tertiary/aromatic N) is 3. The molecule has 1 aliphatic rings. The van der Waals surface area contributed by atoms with E-state index in [0.717, 1.165) is 0 Å². The van der Waals surface area contributed by atoms with Crippen LogP contribution in [0.3, 0.4) is 0 Å². The molecular formula is C21H24N4O5S. The van der Waals surface area contributed by atoms with Crippen LogP contribution in [0.1, 0.15) is 5.56 Å². The lowest BCUT2D eigenvalue weighted by atomic mass is 10.2. The van der Waals surface area contributed by atoms with Gasteiger partial charge >= 0.3 is 0 Å². The highest BCUT2D eigenvalue weighted by atomic mass is 32.2. The number of carbonyl (C=O) groups is 1. The minimum atomic E-state index is -3.76. The van der Waals surface area contributed by atoms with E-state index in [4.69, 9.17) is 9.47 Å². The first-order valence-corrected chi connectivity index (χ1v) is 11.1. The number of nitrogens with one attached hydrogen (secondary N) is 1. The van der Waals surface area contributed by atoms with Gasteiger partial charge in [0.15, 0.2) is 0 Å². The van der Waals surface area contributed by atoms with Crippen LogP contribution in [0.25, 0.3) is 0 Å². The van der Waals surface area contributed by atoms with Gasteiger partial charge in [0.25, 0.3) is 0 Å². The number of benzene rings is 2. The van der Waals surface area contributed by atoms with Crippen molar-refractivity contribution < 1.29 is 22.7 Å². The largest absolute Gasteiger partial charge is 0.497 e. The van der Waals surface area contributed by atoms with Crippen molar-refractivity contribution >= 4 is 21.6 Å². The zero-order valence-corrected chi connectivity index (χ0v) is 18.2. The number of methoxy groups -OCH3 is 2. The number of anilines is 1. The van der Waals surface area contributed by atoms with Crippen LogP contribution in [0, 0.1) is 11.3 Å². The predicted molar refractivity (Wildman–Crippen MR) is 115 cm³/mol. The fourth-order valence-corrected chi connectivity index (χ4v) is 4.90. The monoisotopic (exact) mass is 444 g/mol. The van der Waals surface area contributed by atoms with Gasteiger partial charge in [-0.2, -0.15) is 9.57 Å². The van der Waals surface area contributed by atoms with Gasteiger partial charge in [-0.05, 0) is 12.1 Å². The zero-order chi connectivity index (χ0) is 22.4. The lowest BCUT2D eigenvalue weighted by Gasteiger charge is -2.33. The van der Waals surface area contributed by atoms with Gasteiger partial charge in [0.05, 0.1) is 31.2 Å². The SMILES string of the molecule is COc1cc(NC(=O)CN2CCN(S(=O)(=O)c3ccccc3C#N)CC2)cc(OC)c1. The Labute approximate surface area is 181 Å². The van der Waals surface area contributed by atoms with E-state index in [1.165, 1.54) is 30.7 Å². The van der Waals surface area contributed by atoms with Gasteiger partial charge in [-0.1, -0.05) is 12.1 Å². The van der Waals surface area contributed by atoms with Crippen molar-refractivity contribution in [1.82, 2.24) is 9.21 Å². The standard InChI is InChI=1S/C21H24N4O5S/c1-29-18-11-17(12-19(13-18)30-2)23-21(26)15-24-7-9-25(10-8-24)31(27,28)20-6-4-3-5-16(20)14-22/h3-6,11-13H,7-10,15H2,1-2H3,(H,23,26). The van der Waals surface area contributed by atoms with Crippen LogP contribution in [-0.4, -0.2) is 70.5 Å². The lowest BCUT2D eigenvalue weighted by molar-refractivity contribution is -0.117. The third-order valence-corrected chi connectivity index (χ3v) is 6.92. The Balaban J connectivity index is 1.59. The number of sulfonamides is 1. The number of piperazine rings is 1. The van der Waals surface area contributed by atoms with E-state index in [1.807, 2.05) is 11.0 Å². The molecule has 1 heterocycles. The summed E-state index contributed by atoms with van der Waals surface area (Å²) in [5.41, 5.74) is 0.675. The van der Waals surface area contributed by atoms with Crippen LogP contribution in [-0.2, 0) is 14.8 Å². The topological polar surface area (TPSA) is 112 Å². The lowest BCUT2D eigenvalue weighted by Crippen LogP contribution is -2.50. The molecule has 1 fully saturated rings. The Bertz CT molecular complexity index is 1070. The molecule has 31 heavy (non-hydrogen) atoms. The number of nitriles is 1. The highest BCUT2D eigenvalue weighted by molar-refractivity contribution is 7.89. The second-order valence-corrected chi connectivity index (χ2v) is 8.84.